The summed E-state index contributed by atoms with van der Waals surface area (Å²) < 4.78 is 5.24. The molecule has 1 aliphatic heterocycles. The third-order valence-electron chi connectivity index (χ3n) is 4.13. The zero-order valence-electron chi connectivity index (χ0n) is 13.8. The van der Waals surface area contributed by atoms with Crippen LogP contribution in [-0.2, 0) is 11.3 Å². The van der Waals surface area contributed by atoms with Gasteiger partial charge in [-0.2, -0.15) is 0 Å². The number of ether oxygens (including phenoxy) is 1. The van der Waals surface area contributed by atoms with Gasteiger partial charge in [0, 0.05) is 19.6 Å². The Morgan fingerprint density at radius 1 is 1.04 bits per heavy atom. The van der Waals surface area contributed by atoms with E-state index in [9.17, 15) is 9.59 Å². The standard InChI is InChI=1S/C19H20N2O4/c22-18(23)16-6-4-15(5-7-16)17-3-1-2-14(12-17)13-20-19(24)21-8-10-25-11-9-21/h1-7,12H,8-11,13H2,(H,20,24)(H,22,23). The molecule has 25 heavy (non-hydrogen) atoms. The van der Waals surface area contributed by atoms with Gasteiger partial charge in [0.25, 0.3) is 0 Å². The number of carboxylic acids is 1. The minimum absolute atomic E-state index is 0.0838. The second-order valence-corrected chi connectivity index (χ2v) is 5.84. The SMILES string of the molecule is O=C(O)c1ccc(-c2cccc(CNC(=O)N3CCOCC3)c2)cc1. The minimum atomic E-state index is -0.939. The number of benzene rings is 2. The van der Waals surface area contributed by atoms with Crippen molar-refractivity contribution >= 4 is 12.0 Å². The fourth-order valence-corrected chi connectivity index (χ4v) is 2.72. The molecule has 1 fully saturated rings. The third kappa shape index (κ3) is 4.36. The first-order valence-electron chi connectivity index (χ1n) is 8.17. The van der Waals surface area contributed by atoms with Crippen LogP contribution in [0.2, 0.25) is 0 Å². The molecule has 0 unspecified atom stereocenters. The number of urea groups is 1. The Hall–Kier alpha value is -2.86. The summed E-state index contributed by atoms with van der Waals surface area (Å²) in [4.78, 5) is 24.8. The van der Waals surface area contributed by atoms with Crippen molar-refractivity contribution < 1.29 is 19.4 Å². The Kier molecular flexibility index (Phi) is 5.30. The number of hydrogen-bond acceptors (Lipinski definition) is 3. The van der Waals surface area contributed by atoms with Crippen LogP contribution < -0.4 is 5.32 Å². The first kappa shape index (κ1) is 17.0. The summed E-state index contributed by atoms with van der Waals surface area (Å²) in [5, 5.41) is 11.9. The number of carboxylic acid groups (broad SMARTS) is 1. The highest BCUT2D eigenvalue weighted by atomic mass is 16.5. The van der Waals surface area contributed by atoms with Crippen LogP contribution in [0.5, 0.6) is 0 Å². The molecule has 0 spiro atoms. The average Bonchev–Trinajstić information content (AvgIpc) is 2.67. The van der Waals surface area contributed by atoms with Crippen molar-refractivity contribution in [3.8, 4) is 11.1 Å². The van der Waals surface area contributed by atoms with Gasteiger partial charge in [0.2, 0.25) is 0 Å². The number of rotatable bonds is 4. The molecule has 2 amide bonds. The number of amides is 2. The van der Waals surface area contributed by atoms with Gasteiger partial charge in [0.05, 0.1) is 18.8 Å². The van der Waals surface area contributed by atoms with Gasteiger partial charge in [0.1, 0.15) is 0 Å². The summed E-state index contributed by atoms with van der Waals surface area (Å²) in [6, 6.07) is 14.5. The summed E-state index contributed by atoms with van der Waals surface area (Å²) in [5.74, 6) is -0.939. The van der Waals surface area contributed by atoms with E-state index in [-0.39, 0.29) is 11.6 Å². The summed E-state index contributed by atoms with van der Waals surface area (Å²) in [6.45, 7) is 2.82. The summed E-state index contributed by atoms with van der Waals surface area (Å²) in [6.07, 6.45) is 0. The molecule has 1 saturated heterocycles. The number of carbonyl (C=O) groups excluding carboxylic acids is 1. The minimum Gasteiger partial charge on any atom is -0.478 e. The van der Waals surface area contributed by atoms with Crippen LogP contribution in [0.4, 0.5) is 4.79 Å². The van der Waals surface area contributed by atoms with Crippen LogP contribution in [0.25, 0.3) is 11.1 Å². The predicted octanol–water partition coefficient (Wildman–Crippen LogP) is 2.59. The molecule has 3 rings (SSSR count). The van der Waals surface area contributed by atoms with E-state index in [1.165, 1.54) is 0 Å². The summed E-state index contributed by atoms with van der Waals surface area (Å²) >= 11 is 0. The lowest BCUT2D eigenvalue weighted by Crippen LogP contribution is -2.45. The van der Waals surface area contributed by atoms with Gasteiger partial charge in [0.15, 0.2) is 0 Å². The highest BCUT2D eigenvalue weighted by molar-refractivity contribution is 5.88. The lowest BCUT2D eigenvalue weighted by Gasteiger charge is -2.27. The van der Waals surface area contributed by atoms with Crippen LogP contribution >= 0.6 is 0 Å². The molecule has 130 valence electrons. The smallest absolute Gasteiger partial charge is 0.335 e. The molecule has 0 atom stereocenters. The normalized spacial score (nSPS) is 14.2. The maximum atomic E-state index is 12.1. The largest absolute Gasteiger partial charge is 0.478 e. The number of nitrogens with zero attached hydrogens (tertiary/aromatic N) is 1. The van der Waals surface area contributed by atoms with E-state index in [1.807, 2.05) is 24.3 Å². The molecule has 0 aliphatic carbocycles. The highest BCUT2D eigenvalue weighted by Gasteiger charge is 2.16. The molecule has 2 N–H and O–H groups in total. The predicted molar refractivity (Wildman–Crippen MR) is 93.5 cm³/mol. The van der Waals surface area contributed by atoms with Gasteiger partial charge in [-0.25, -0.2) is 9.59 Å². The Balaban J connectivity index is 1.64. The fourth-order valence-electron chi connectivity index (χ4n) is 2.72. The first-order chi connectivity index (χ1) is 12.1. The van der Waals surface area contributed by atoms with Gasteiger partial charge in [-0.05, 0) is 34.9 Å². The van der Waals surface area contributed by atoms with E-state index < -0.39 is 5.97 Å². The van der Waals surface area contributed by atoms with Crippen molar-refractivity contribution in [3.05, 3.63) is 59.7 Å². The van der Waals surface area contributed by atoms with E-state index in [0.29, 0.717) is 32.8 Å². The van der Waals surface area contributed by atoms with E-state index in [4.69, 9.17) is 9.84 Å². The quantitative estimate of drug-likeness (QED) is 0.897. The first-order valence-corrected chi connectivity index (χ1v) is 8.17. The number of nitrogens with one attached hydrogen (secondary N) is 1. The van der Waals surface area contributed by atoms with Gasteiger partial charge < -0.3 is 20.1 Å². The third-order valence-corrected chi connectivity index (χ3v) is 4.13. The van der Waals surface area contributed by atoms with Crippen molar-refractivity contribution in [3.63, 3.8) is 0 Å². The van der Waals surface area contributed by atoms with Crippen LogP contribution in [0.3, 0.4) is 0 Å². The van der Waals surface area contributed by atoms with Gasteiger partial charge in [-0.3, -0.25) is 0 Å². The molecule has 0 saturated carbocycles. The van der Waals surface area contributed by atoms with Crippen molar-refractivity contribution in [1.29, 1.82) is 0 Å². The van der Waals surface area contributed by atoms with Crippen molar-refractivity contribution in [2.45, 2.75) is 6.54 Å². The Labute approximate surface area is 146 Å². The topological polar surface area (TPSA) is 78.9 Å². The summed E-state index contributed by atoms with van der Waals surface area (Å²) in [5.41, 5.74) is 3.17. The fraction of sp³-hybridized carbons (Fsp3) is 0.263. The Morgan fingerprint density at radius 2 is 1.76 bits per heavy atom. The molecule has 0 aromatic heterocycles. The monoisotopic (exact) mass is 340 g/mol. The van der Waals surface area contributed by atoms with Crippen LogP contribution in [0.1, 0.15) is 15.9 Å². The van der Waals surface area contributed by atoms with Gasteiger partial charge in [-0.1, -0.05) is 30.3 Å². The maximum absolute atomic E-state index is 12.1. The maximum Gasteiger partial charge on any atom is 0.335 e. The number of carbonyl (C=O) groups is 2. The van der Waals surface area contributed by atoms with Crippen molar-refractivity contribution in [1.82, 2.24) is 10.2 Å². The lowest BCUT2D eigenvalue weighted by atomic mass is 10.0. The number of hydrogen-bond donors (Lipinski definition) is 2. The van der Waals surface area contributed by atoms with E-state index in [0.717, 1.165) is 16.7 Å². The zero-order chi connectivity index (χ0) is 17.6. The second-order valence-electron chi connectivity index (χ2n) is 5.84. The van der Waals surface area contributed by atoms with Crippen molar-refractivity contribution in [2.75, 3.05) is 26.3 Å². The van der Waals surface area contributed by atoms with Crippen LogP contribution in [0, 0.1) is 0 Å². The molecule has 6 heteroatoms. The van der Waals surface area contributed by atoms with E-state index in [1.54, 1.807) is 29.2 Å². The number of morpholine rings is 1. The summed E-state index contributed by atoms with van der Waals surface area (Å²) in [7, 11) is 0. The Bertz CT molecular complexity index is 752. The molecule has 0 radical (unpaired) electrons. The van der Waals surface area contributed by atoms with Crippen LogP contribution in [-0.4, -0.2) is 48.3 Å². The van der Waals surface area contributed by atoms with Gasteiger partial charge in [-0.15, -0.1) is 0 Å². The lowest BCUT2D eigenvalue weighted by molar-refractivity contribution is 0.0531. The molecule has 0 bridgehead atoms. The zero-order valence-corrected chi connectivity index (χ0v) is 13.8. The second kappa shape index (κ2) is 7.81. The molecular formula is C19H20N2O4. The van der Waals surface area contributed by atoms with E-state index >= 15 is 0 Å². The molecule has 2 aromatic rings. The van der Waals surface area contributed by atoms with Gasteiger partial charge >= 0.3 is 12.0 Å². The van der Waals surface area contributed by atoms with E-state index in [2.05, 4.69) is 5.32 Å². The Morgan fingerprint density at radius 3 is 2.44 bits per heavy atom. The molecule has 2 aromatic carbocycles. The highest BCUT2D eigenvalue weighted by Crippen LogP contribution is 2.21. The van der Waals surface area contributed by atoms with Crippen LogP contribution in [0.15, 0.2) is 48.5 Å². The molecule has 1 heterocycles. The van der Waals surface area contributed by atoms with Crippen molar-refractivity contribution in [2.24, 2.45) is 0 Å². The average molecular weight is 340 g/mol. The number of aromatic carboxylic acids is 1. The molecule has 1 aliphatic rings. The molecule has 6 nitrogen and oxygen atoms in total. The molecular weight excluding hydrogens is 320 g/mol.